The van der Waals surface area contributed by atoms with E-state index in [1.165, 1.54) is 11.6 Å². The molecule has 0 fully saturated rings. The molecule has 2 nitrogen and oxygen atoms in total. The van der Waals surface area contributed by atoms with Gasteiger partial charge < -0.3 is 5.32 Å². The van der Waals surface area contributed by atoms with Crippen molar-refractivity contribution in [2.24, 2.45) is 0 Å². The maximum Gasteiger partial charge on any atom is 0.123 e. The van der Waals surface area contributed by atoms with Crippen LogP contribution in [-0.2, 0) is 13.0 Å². The zero-order valence-electron chi connectivity index (χ0n) is 11.1. The number of fused-ring (bicyclic) bond motifs is 1. The maximum absolute atomic E-state index is 13.2. The second-order valence-corrected chi connectivity index (χ2v) is 5.13. The summed E-state index contributed by atoms with van der Waals surface area (Å²) in [5, 5.41) is 12.4. The summed E-state index contributed by atoms with van der Waals surface area (Å²) in [5.41, 5.74) is 4.08. The van der Waals surface area contributed by atoms with Gasteiger partial charge in [-0.05, 0) is 53.8 Å². The Kier molecular flexibility index (Phi) is 3.49. The fourth-order valence-electron chi connectivity index (χ4n) is 2.79. The van der Waals surface area contributed by atoms with E-state index in [4.69, 9.17) is 5.26 Å². The maximum atomic E-state index is 13.2. The fraction of sp³-hybridized carbons (Fsp3) is 0.235. The summed E-state index contributed by atoms with van der Waals surface area (Å²) in [4.78, 5) is 0. The molecular formula is C17H15FN2. The molecule has 3 heteroatoms. The SMILES string of the molecule is N#Cc1cccc(CNC2CCc3cc(F)ccc32)c1. The topological polar surface area (TPSA) is 35.8 Å². The number of nitrogens with zero attached hydrogens (tertiary/aromatic N) is 1. The van der Waals surface area contributed by atoms with Crippen LogP contribution in [0, 0.1) is 17.1 Å². The van der Waals surface area contributed by atoms with Crippen molar-refractivity contribution in [2.45, 2.75) is 25.4 Å². The first-order valence-electron chi connectivity index (χ1n) is 6.77. The van der Waals surface area contributed by atoms with Gasteiger partial charge in [-0.3, -0.25) is 0 Å². The van der Waals surface area contributed by atoms with Gasteiger partial charge in [0.05, 0.1) is 11.6 Å². The average Bonchev–Trinajstić information content (AvgIpc) is 2.87. The predicted molar refractivity (Wildman–Crippen MR) is 75.5 cm³/mol. The molecule has 2 aromatic rings. The Balaban J connectivity index is 1.70. The number of halogens is 1. The van der Waals surface area contributed by atoms with Gasteiger partial charge in [0.15, 0.2) is 0 Å². The van der Waals surface area contributed by atoms with Gasteiger partial charge in [0.25, 0.3) is 0 Å². The second kappa shape index (κ2) is 5.44. The second-order valence-electron chi connectivity index (χ2n) is 5.13. The van der Waals surface area contributed by atoms with Crippen LogP contribution in [0.1, 0.15) is 34.7 Å². The molecule has 0 aromatic heterocycles. The molecule has 20 heavy (non-hydrogen) atoms. The van der Waals surface area contributed by atoms with Crippen LogP contribution in [0.3, 0.4) is 0 Å². The summed E-state index contributed by atoms with van der Waals surface area (Å²) in [6.45, 7) is 0.719. The minimum atomic E-state index is -0.161. The molecule has 1 unspecified atom stereocenters. The quantitative estimate of drug-likeness (QED) is 0.923. The zero-order valence-corrected chi connectivity index (χ0v) is 11.1. The molecule has 0 aliphatic heterocycles. The molecule has 0 spiro atoms. The van der Waals surface area contributed by atoms with Crippen molar-refractivity contribution in [3.05, 3.63) is 70.5 Å². The lowest BCUT2D eigenvalue weighted by Crippen LogP contribution is -2.18. The Morgan fingerprint density at radius 1 is 1.25 bits per heavy atom. The van der Waals surface area contributed by atoms with Crippen molar-refractivity contribution < 1.29 is 4.39 Å². The normalized spacial score (nSPS) is 16.7. The molecule has 1 N–H and O–H groups in total. The number of nitriles is 1. The minimum absolute atomic E-state index is 0.161. The van der Waals surface area contributed by atoms with Gasteiger partial charge in [0, 0.05) is 12.6 Å². The summed E-state index contributed by atoms with van der Waals surface area (Å²) in [6, 6.07) is 15.1. The average molecular weight is 266 g/mol. The van der Waals surface area contributed by atoms with E-state index < -0.39 is 0 Å². The lowest BCUT2D eigenvalue weighted by molar-refractivity contribution is 0.530. The van der Waals surface area contributed by atoms with Gasteiger partial charge in [-0.15, -0.1) is 0 Å². The summed E-state index contributed by atoms with van der Waals surface area (Å²) in [6.07, 6.45) is 1.92. The Morgan fingerprint density at radius 2 is 2.15 bits per heavy atom. The lowest BCUT2D eigenvalue weighted by atomic mass is 10.1. The molecule has 1 aliphatic rings. The first kappa shape index (κ1) is 12.8. The monoisotopic (exact) mass is 266 g/mol. The van der Waals surface area contributed by atoms with Crippen LogP contribution >= 0.6 is 0 Å². The van der Waals surface area contributed by atoms with Crippen LogP contribution in [0.25, 0.3) is 0 Å². The van der Waals surface area contributed by atoms with E-state index in [-0.39, 0.29) is 11.9 Å². The van der Waals surface area contributed by atoms with E-state index in [1.807, 2.05) is 24.3 Å². The molecule has 2 aromatic carbocycles. The van der Waals surface area contributed by atoms with Gasteiger partial charge in [0.2, 0.25) is 0 Å². The molecule has 100 valence electrons. The highest BCUT2D eigenvalue weighted by molar-refractivity contribution is 5.36. The molecule has 0 saturated heterocycles. The van der Waals surface area contributed by atoms with Gasteiger partial charge in [-0.1, -0.05) is 18.2 Å². The molecule has 0 heterocycles. The number of hydrogen-bond acceptors (Lipinski definition) is 2. The lowest BCUT2D eigenvalue weighted by Gasteiger charge is -2.14. The van der Waals surface area contributed by atoms with E-state index in [2.05, 4.69) is 11.4 Å². The van der Waals surface area contributed by atoms with E-state index in [9.17, 15) is 4.39 Å². The van der Waals surface area contributed by atoms with E-state index in [0.29, 0.717) is 5.56 Å². The van der Waals surface area contributed by atoms with Crippen LogP contribution in [0.5, 0.6) is 0 Å². The fourth-order valence-corrected chi connectivity index (χ4v) is 2.79. The minimum Gasteiger partial charge on any atom is -0.306 e. The molecule has 3 rings (SSSR count). The molecule has 1 aliphatic carbocycles. The third kappa shape index (κ3) is 2.56. The molecule has 0 saturated carbocycles. The van der Waals surface area contributed by atoms with Crippen molar-refractivity contribution in [3.63, 3.8) is 0 Å². The number of rotatable bonds is 3. The number of benzene rings is 2. The summed E-state index contributed by atoms with van der Waals surface area (Å²) < 4.78 is 13.2. The number of hydrogen-bond donors (Lipinski definition) is 1. The third-order valence-corrected chi connectivity index (χ3v) is 3.79. The highest BCUT2D eigenvalue weighted by Gasteiger charge is 2.22. The smallest absolute Gasteiger partial charge is 0.123 e. The molecular weight excluding hydrogens is 251 g/mol. The van der Waals surface area contributed by atoms with Crippen molar-refractivity contribution >= 4 is 0 Å². The summed E-state index contributed by atoms with van der Waals surface area (Å²) in [5.74, 6) is -0.161. The molecule has 0 amide bonds. The predicted octanol–water partition coefficient (Wildman–Crippen LogP) is 3.47. The van der Waals surface area contributed by atoms with Crippen molar-refractivity contribution in [2.75, 3.05) is 0 Å². The molecule has 1 atom stereocenters. The highest BCUT2D eigenvalue weighted by atomic mass is 19.1. The first-order chi connectivity index (χ1) is 9.76. The van der Waals surface area contributed by atoms with E-state index in [1.54, 1.807) is 12.1 Å². The Bertz CT molecular complexity index is 673. The standard InChI is InChI=1S/C17H15FN2/c18-15-5-6-16-14(9-15)4-7-17(16)20-11-13-3-1-2-12(8-13)10-19/h1-3,5-6,8-9,17,20H,4,7,11H2. The number of aryl methyl sites for hydroxylation is 1. The third-order valence-electron chi connectivity index (χ3n) is 3.79. The van der Waals surface area contributed by atoms with Crippen molar-refractivity contribution in [3.8, 4) is 6.07 Å². The van der Waals surface area contributed by atoms with Gasteiger partial charge in [0.1, 0.15) is 5.82 Å². The Morgan fingerprint density at radius 3 is 3.00 bits per heavy atom. The first-order valence-corrected chi connectivity index (χ1v) is 6.77. The van der Waals surface area contributed by atoms with Crippen molar-refractivity contribution in [1.29, 1.82) is 5.26 Å². The highest BCUT2D eigenvalue weighted by Crippen LogP contribution is 2.31. The van der Waals surface area contributed by atoms with Crippen LogP contribution in [0.4, 0.5) is 4.39 Å². The molecule has 0 radical (unpaired) electrons. The van der Waals surface area contributed by atoms with Crippen LogP contribution < -0.4 is 5.32 Å². The molecule has 0 bridgehead atoms. The zero-order chi connectivity index (χ0) is 13.9. The summed E-state index contributed by atoms with van der Waals surface area (Å²) in [7, 11) is 0. The van der Waals surface area contributed by atoms with E-state index >= 15 is 0 Å². The van der Waals surface area contributed by atoms with Crippen molar-refractivity contribution in [1.82, 2.24) is 5.32 Å². The van der Waals surface area contributed by atoms with Crippen LogP contribution in [0.15, 0.2) is 42.5 Å². The summed E-state index contributed by atoms with van der Waals surface area (Å²) >= 11 is 0. The Labute approximate surface area is 117 Å². The largest absolute Gasteiger partial charge is 0.306 e. The van der Waals surface area contributed by atoms with Gasteiger partial charge in [-0.2, -0.15) is 5.26 Å². The van der Waals surface area contributed by atoms with Gasteiger partial charge in [-0.25, -0.2) is 4.39 Å². The number of nitrogens with one attached hydrogen (secondary N) is 1. The van der Waals surface area contributed by atoms with E-state index in [0.717, 1.165) is 30.5 Å². The van der Waals surface area contributed by atoms with Crippen LogP contribution in [0.2, 0.25) is 0 Å². The van der Waals surface area contributed by atoms with Gasteiger partial charge >= 0.3 is 0 Å². The Hall–Kier alpha value is -2.18. The van der Waals surface area contributed by atoms with Crippen LogP contribution in [-0.4, -0.2) is 0 Å².